The number of ether oxygens (including phenoxy) is 2. The minimum atomic E-state index is -0.318. The molecule has 0 spiro atoms. The third-order valence-corrected chi connectivity index (χ3v) is 14.7. The molecule has 13 nitrogen and oxygen atoms in total. The average Bonchev–Trinajstić information content (AvgIpc) is 3.88. The minimum absolute atomic E-state index is 0.0446. The van der Waals surface area contributed by atoms with Crippen molar-refractivity contribution in [1.29, 1.82) is 0 Å². The van der Waals surface area contributed by atoms with Gasteiger partial charge < -0.3 is 35.6 Å². The van der Waals surface area contributed by atoms with Crippen molar-refractivity contribution in [2.24, 2.45) is 0 Å². The van der Waals surface area contributed by atoms with Crippen molar-refractivity contribution in [2.75, 3.05) is 62.3 Å². The van der Waals surface area contributed by atoms with Gasteiger partial charge in [-0.2, -0.15) is 10.1 Å². The molecule has 3 aromatic rings. The summed E-state index contributed by atoms with van der Waals surface area (Å²) in [6.45, 7) is 11.3. The zero-order valence-electron chi connectivity index (χ0n) is 48.8. The predicted octanol–water partition coefficient (Wildman–Crippen LogP) is 16.0. The smallest absolute Gasteiger partial charge is 0.407 e. The van der Waals surface area contributed by atoms with Crippen molar-refractivity contribution in [2.45, 2.75) is 232 Å². The first kappa shape index (κ1) is 64.2. The molecule has 0 aliphatic carbocycles. The zero-order valence-corrected chi connectivity index (χ0v) is 48.8. The molecule has 1 aromatic carbocycles. The Balaban J connectivity index is 1.11. The Bertz CT molecular complexity index is 2090. The first-order valence-electron chi connectivity index (χ1n) is 30.8. The summed E-state index contributed by atoms with van der Waals surface area (Å²) >= 11 is 0. The molecule has 0 unspecified atom stereocenters. The number of anilines is 3. The van der Waals surface area contributed by atoms with Crippen LogP contribution in [0.1, 0.15) is 225 Å². The Kier molecular flexibility index (Phi) is 34.8. The van der Waals surface area contributed by atoms with E-state index in [1.54, 1.807) is 7.11 Å². The highest BCUT2D eigenvalue weighted by molar-refractivity contribution is 5.85. The zero-order chi connectivity index (χ0) is 54.8. The maximum Gasteiger partial charge on any atom is 0.407 e. The number of nitrogens with zero attached hydrogens (tertiary/aromatic N) is 6. The highest BCUT2D eigenvalue weighted by Crippen LogP contribution is 2.29. The molecule has 0 saturated carbocycles. The first-order valence-corrected chi connectivity index (χ1v) is 30.8. The minimum Gasteiger partial charge on any atom is -0.496 e. The van der Waals surface area contributed by atoms with Gasteiger partial charge in [0.25, 0.3) is 0 Å². The number of piperazine rings is 1. The van der Waals surface area contributed by atoms with Gasteiger partial charge in [0.15, 0.2) is 11.3 Å². The molecule has 4 N–H and O–H groups in total. The number of hydrogen-bond acceptors (Lipinski definition) is 10. The number of hydrogen-bond donors (Lipinski definition) is 3. The monoisotopic (exact) mass is 1060 g/mol. The lowest BCUT2D eigenvalue weighted by molar-refractivity contribution is -0.131. The Morgan fingerprint density at radius 3 is 1.78 bits per heavy atom. The summed E-state index contributed by atoms with van der Waals surface area (Å²) in [5, 5.41) is 11.2. The van der Waals surface area contributed by atoms with E-state index in [2.05, 4.69) is 113 Å². The number of nitrogen functional groups attached to an aromatic ring is 1. The Morgan fingerprint density at radius 1 is 0.649 bits per heavy atom. The Hall–Kier alpha value is -5.33. The number of carbonyl (C=O) groups excluding carboxylic acids is 2. The topological polar surface area (TPSA) is 153 Å². The number of nitrogens with two attached hydrogens (primary N) is 1. The van der Waals surface area contributed by atoms with E-state index in [0.29, 0.717) is 49.5 Å². The van der Waals surface area contributed by atoms with E-state index in [9.17, 15) is 9.59 Å². The molecular weight excluding hydrogens is 959 g/mol. The summed E-state index contributed by atoms with van der Waals surface area (Å²) in [7, 11) is 1.69. The van der Waals surface area contributed by atoms with E-state index in [4.69, 9.17) is 20.3 Å². The van der Waals surface area contributed by atoms with Crippen molar-refractivity contribution in [3.63, 3.8) is 0 Å². The Labute approximate surface area is 466 Å². The summed E-state index contributed by atoms with van der Waals surface area (Å²) in [5.41, 5.74) is 9.46. The number of aromatic nitrogens is 4. The molecule has 0 atom stereocenters. The molecule has 77 heavy (non-hydrogen) atoms. The number of benzene rings is 1. The molecule has 1 aliphatic heterocycles. The van der Waals surface area contributed by atoms with Crippen molar-refractivity contribution in [3.8, 4) is 5.75 Å². The molecule has 2 amide bonds. The van der Waals surface area contributed by atoms with E-state index in [1.807, 2.05) is 15.8 Å². The fraction of sp³-hybridized carbons (Fsp3) is 0.672. The van der Waals surface area contributed by atoms with Gasteiger partial charge in [0.2, 0.25) is 11.9 Å². The number of amides is 2. The highest BCUT2D eigenvalue weighted by atomic mass is 16.6. The van der Waals surface area contributed by atoms with E-state index in [0.717, 1.165) is 101 Å². The van der Waals surface area contributed by atoms with Crippen molar-refractivity contribution in [3.05, 3.63) is 78.6 Å². The van der Waals surface area contributed by atoms with Crippen molar-refractivity contribution >= 4 is 40.5 Å². The van der Waals surface area contributed by atoms with Crippen LogP contribution in [0.3, 0.4) is 0 Å². The predicted molar refractivity (Wildman–Crippen MR) is 324 cm³/mol. The summed E-state index contributed by atoms with van der Waals surface area (Å²) in [6.07, 6.45) is 55.4. The maximum atomic E-state index is 13.3. The number of nitrogens with one attached hydrogen (secondary N) is 2. The number of fused-ring (bicyclic) bond motifs is 1. The van der Waals surface area contributed by atoms with E-state index in [-0.39, 0.29) is 24.1 Å². The number of alkyl carbamates (subject to hydrolysis) is 1. The number of allylic oxidation sites excluding steroid dienone is 8. The van der Waals surface area contributed by atoms with E-state index >= 15 is 0 Å². The summed E-state index contributed by atoms with van der Waals surface area (Å²) in [4.78, 5) is 39.4. The number of rotatable bonds is 44. The van der Waals surface area contributed by atoms with Crippen molar-refractivity contribution < 1.29 is 19.1 Å². The lowest BCUT2D eigenvalue weighted by Gasteiger charge is -2.36. The molecular formula is C64H105N9O4. The van der Waals surface area contributed by atoms with Gasteiger partial charge in [-0.25, -0.2) is 9.78 Å². The second-order valence-corrected chi connectivity index (χ2v) is 21.3. The molecule has 2 aromatic heterocycles. The van der Waals surface area contributed by atoms with Crippen LogP contribution in [0, 0.1) is 0 Å². The van der Waals surface area contributed by atoms with Crippen LogP contribution in [0.2, 0.25) is 0 Å². The van der Waals surface area contributed by atoms with Crippen molar-refractivity contribution in [1.82, 2.24) is 30.0 Å². The first-order chi connectivity index (χ1) is 37.8. The average molecular weight is 1060 g/mol. The van der Waals surface area contributed by atoms with E-state index < -0.39 is 0 Å². The van der Waals surface area contributed by atoms with Crippen LogP contribution in [-0.4, -0.2) is 89.1 Å². The largest absolute Gasteiger partial charge is 0.496 e. The van der Waals surface area contributed by atoms with Gasteiger partial charge in [0.1, 0.15) is 17.4 Å². The lowest BCUT2D eigenvalue weighted by atomic mass is 10.0. The van der Waals surface area contributed by atoms with Crippen LogP contribution in [0.4, 0.5) is 22.2 Å². The molecule has 0 radical (unpaired) electrons. The normalized spacial score (nSPS) is 13.2. The molecule has 1 fully saturated rings. The number of unbranched alkanes of at least 4 members (excludes halogenated alkanes) is 20. The van der Waals surface area contributed by atoms with Crippen LogP contribution in [0.25, 0.3) is 11.0 Å². The third kappa shape index (κ3) is 28.2. The summed E-state index contributed by atoms with van der Waals surface area (Å²) < 4.78 is 13.8. The third-order valence-electron chi connectivity index (χ3n) is 14.7. The molecule has 0 bridgehead atoms. The van der Waals surface area contributed by atoms with E-state index in [1.165, 1.54) is 128 Å². The fourth-order valence-corrected chi connectivity index (χ4v) is 9.94. The standard InChI is InChI=1S/C64H105N9O4/c1-5-8-11-13-15-17-19-21-23-25-27-29-31-33-35-37-41-57(42-38-36-34-32-30-28-26-24-22-20-18-16-14-12-9-6-2)77-64(75)67-47-40-39-43-60(74)72-50-48-71(49-51-72)56-45-44-55(59(52-56)76-4)53-73-54-58-61(70-73)62(66-46-10-7-3)69-63(65)68-58/h15-18,21-24,44-45,52,54,57H,5-14,19-20,25-43,46-51,53H2,1-4H3,(H,67,75)(H3,65,66,68,69)/b17-15-,18-16-,23-21-,24-22-. The van der Waals surface area contributed by atoms with Gasteiger partial charge in [-0.3, -0.25) is 9.48 Å². The molecule has 3 heterocycles. The second kappa shape index (κ2) is 41.7. The SMILES string of the molecule is CCCCC/C=C\C/C=C\CCCCCCCCC(CCCCCCCC/C=C\C/C=C\CCCCC)OC(=O)NCCCCC(=O)N1CCN(c2ccc(Cn3cc4nc(N)nc(NCCCC)c4n3)c(OC)c2)CC1. The summed E-state index contributed by atoms with van der Waals surface area (Å²) in [5.74, 6) is 1.82. The van der Waals surface area contributed by atoms with Crippen LogP contribution in [0.5, 0.6) is 5.75 Å². The van der Waals surface area contributed by atoms with Crippen LogP contribution < -0.4 is 26.0 Å². The number of methoxy groups -OCH3 is 1. The molecule has 1 aliphatic rings. The maximum absolute atomic E-state index is 13.3. The van der Waals surface area contributed by atoms with Crippen LogP contribution >= 0.6 is 0 Å². The van der Waals surface area contributed by atoms with Gasteiger partial charge in [0.05, 0.1) is 19.9 Å². The lowest BCUT2D eigenvalue weighted by Crippen LogP contribution is -2.48. The van der Waals surface area contributed by atoms with Gasteiger partial charge in [-0.1, -0.05) is 159 Å². The fourth-order valence-electron chi connectivity index (χ4n) is 9.94. The van der Waals surface area contributed by atoms with Gasteiger partial charge >= 0.3 is 6.09 Å². The van der Waals surface area contributed by atoms with Gasteiger partial charge in [-0.15, -0.1) is 0 Å². The van der Waals surface area contributed by atoms with Crippen LogP contribution in [-0.2, 0) is 16.1 Å². The molecule has 1 saturated heterocycles. The van der Waals surface area contributed by atoms with Gasteiger partial charge in [-0.05, 0) is 115 Å². The van der Waals surface area contributed by atoms with Crippen LogP contribution in [0.15, 0.2) is 73.0 Å². The molecule has 430 valence electrons. The highest BCUT2D eigenvalue weighted by Gasteiger charge is 2.22. The Morgan fingerprint density at radius 2 is 1.21 bits per heavy atom. The summed E-state index contributed by atoms with van der Waals surface area (Å²) in [6, 6.07) is 6.27. The second-order valence-electron chi connectivity index (χ2n) is 21.3. The molecule has 13 heteroatoms. The quantitative estimate of drug-likeness (QED) is 0.0368. The number of carbonyl (C=O) groups is 2. The molecule has 4 rings (SSSR count). The van der Waals surface area contributed by atoms with Gasteiger partial charge in [0, 0.05) is 63.0 Å².